The first-order valence-electron chi connectivity index (χ1n) is 4.71. The minimum absolute atomic E-state index is 0.0539. The van der Waals surface area contributed by atoms with Crippen LogP contribution in [0.2, 0.25) is 0 Å². The van der Waals surface area contributed by atoms with Crippen molar-refractivity contribution in [1.82, 2.24) is 4.98 Å². The van der Waals surface area contributed by atoms with Crippen molar-refractivity contribution < 1.29 is 14.7 Å². The zero-order valence-electron chi connectivity index (χ0n) is 8.36. The van der Waals surface area contributed by atoms with Gasteiger partial charge in [0.1, 0.15) is 5.69 Å². The molecule has 0 fully saturated rings. The van der Waals surface area contributed by atoms with Crippen LogP contribution in [0.15, 0.2) is 24.3 Å². The van der Waals surface area contributed by atoms with Crippen molar-refractivity contribution in [3.05, 3.63) is 35.5 Å². The molecule has 1 heterocycles. The quantitative estimate of drug-likeness (QED) is 0.670. The van der Waals surface area contributed by atoms with Gasteiger partial charge in [0.2, 0.25) is 0 Å². The topological polar surface area (TPSA) is 96.2 Å². The lowest BCUT2D eigenvalue weighted by Crippen LogP contribution is -2.13. The first-order chi connectivity index (χ1) is 7.61. The van der Waals surface area contributed by atoms with Crippen LogP contribution in [-0.4, -0.2) is 28.4 Å². The summed E-state index contributed by atoms with van der Waals surface area (Å²) >= 11 is 0. The van der Waals surface area contributed by atoms with Gasteiger partial charge < -0.3 is 15.8 Å². The van der Waals surface area contributed by atoms with Crippen molar-refractivity contribution >= 4 is 22.7 Å². The third kappa shape index (κ3) is 1.68. The van der Waals surface area contributed by atoms with E-state index in [2.05, 4.69) is 4.98 Å². The molecule has 4 N–H and O–H groups in total. The molecular formula is C11H10N2O3. The smallest absolute Gasteiger partial charge is 0.352 e. The fourth-order valence-corrected chi connectivity index (χ4v) is 1.54. The number of aromatic nitrogens is 1. The van der Waals surface area contributed by atoms with E-state index in [4.69, 9.17) is 10.8 Å². The maximum atomic E-state index is 11.3. The number of benzene rings is 1. The normalized spacial score (nSPS) is 10.6. The van der Waals surface area contributed by atoms with Gasteiger partial charge in [-0.05, 0) is 24.3 Å². The minimum Gasteiger partial charge on any atom is -0.477 e. The molecule has 0 aliphatic rings. The second kappa shape index (κ2) is 3.79. The number of carboxylic acids is 1. The average Bonchev–Trinajstić information content (AvgIpc) is 2.70. The molecule has 16 heavy (non-hydrogen) atoms. The van der Waals surface area contributed by atoms with Crippen LogP contribution in [0.5, 0.6) is 0 Å². The van der Waals surface area contributed by atoms with E-state index in [9.17, 15) is 9.59 Å². The monoisotopic (exact) mass is 218 g/mol. The number of fused-ring (bicyclic) bond motifs is 1. The summed E-state index contributed by atoms with van der Waals surface area (Å²) in [4.78, 5) is 24.8. The molecule has 0 radical (unpaired) electrons. The molecule has 2 rings (SSSR count). The Morgan fingerprint density at radius 1 is 1.31 bits per heavy atom. The van der Waals surface area contributed by atoms with Gasteiger partial charge in [0.15, 0.2) is 5.78 Å². The molecule has 0 unspecified atom stereocenters. The van der Waals surface area contributed by atoms with Crippen molar-refractivity contribution in [2.24, 2.45) is 5.73 Å². The molecule has 0 aliphatic heterocycles. The van der Waals surface area contributed by atoms with Gasteiger partial charge >= 0.3 is 5.97 Å². The van der Waals surface area contributed by atoms with Gasteiger partial charge in [-0.3, -0.25) is 4.79 Å². The van der Waals surface area contributed by atoms with Gasteiger partial charge in [-0.2, -0.15) is 0 Å². The molecule has 0 amide bonds. The van der Waals surface area contributed by atoms with Crippen LogP contribution >= 0.6 is 0 Å². The molecule has 5 heteroatoms. The maximum Gasteiger partial charge on any atom is 0.352 e. The number of rotatable bonds is 3. The molecule has 0 spiro atoms. The van der Waals surface area contributed by atoms with E-state index in [0.29, 0.717) is 16.5 Å². The van der Waals surface area contributed by atoms with E-state index in [-0.39, 0.29) is 18.0 Å². The summed E-state index contributed by atoms with van der Waals surface area (Å²) in [6.45, 7) is -0.0539. The van der Waals surface area contributed by atoms with Crippen LogP contribution < -0.4 is 5.73 Å². The average molecular weight is 218 g/mol. The number of hydrogen-bond acceptors (Lipinski definition) is 3. The minimum atomic E-state index is -1.03. The largest absolute Gasteiger partial charge is 0.477 e. The summed E-state index contributed by atoms with van der Waals surface area (Å²) in [7, 11) is 0. The summed E-state index contributed by atoms with van der Waals surface area (Å²) < 4.78 is 0. The van der Waals surface area contributed by atoms with Gasteiger partial charge in [-0.25, -0.2) is 4.79 Å². The lowest BCUT2D eigenvalue weighted by molar-refractivity contribution is 0.0691. The predicted molar refractivity (Wildman–Crippen MR) is 58.6 cm³/mol. The Balaban J connectivity index is 2.53. The molecular weight excluding hydrogens is 208 g/mol. The SMILES string of the molecule is NCC(=O)c1ccc2[nH]c(C(=O)O)cc2c1. The second-order valence-electron chi connectivity index (χ2n) is 3.42. The van der Waals surface area contributed by atoms with Crippen LogP contribution in [0.1, 0.15) is 20.8 Å². The maximum absolute atomic E-state index is 11.3. The Labute approximate surface area is 90.9 Å². The number of nitrogens with one attached hydrogen (secondary N) is 1. The number of H-pyrrole nitrogens is 1. The second-order valence-corrected chi connectivity index (χ2v) is 3.42. The third-order valence-corrected chi connectivity index (χ3v) is 2.36. The standard InChI is InChI=1S/C11H10N2O3/c12-5-10(14)6-1-2-8-7(3-6)4-9(13-8)11(15)16/h1-4,13H,5,12H2,(H,15,16). The Bertz CT molecular complexity index is 572. The van der Waals surface area contributed by atoms with Crippen molar-refractivity contribution in [3.63, 3.8) is 0 Å². The Morgan fingerprint density at radius 3 is 2.69 bits per heavy atom. The third-order valence-electron chi connectivity index (χ3n) is 2.36. The molecule has 5 nitrogen and oxygen atoms in total. The molecule has 0 bridgehead atoms. The molecule has 2 aromatic rings. The predicted octanol–water partition coefficient (Wildman–Crippen LogP) is 1.01. The first-order valence-corrected chi connectivity index (χ1v) is 4.71. The Morgan fingerprint density at radius 2 is 2.06 bits per heavy atom. The molecule has 0 atom stereocenters. The molecule has 0 aliphatic carbocycles. The molecule has 1 aromatic carbocycles. The summed E-state index contributed by atoms with van der Waals surface area (Å²) in [5.41, 5.74) is 6.53. The van der Waals surface area contributed by atoms with Crippen LogP contribution in [0.4, 0.5) is 0 Å². The number of carbonyl (C=O) groups excluding carboxylic acids is 1. The molecule has 0 saturated heterocycles. The number of ketones is 1. The van der Waals surface area contributed by atoms with E-state index < -0.39 is 5.97 Å². The van der Waals surface area contributed by atoms with Crippen LogP contribution in [-0.2, 0) is 0 Å². The zero-order chi connectivity index (χ0) is 11.7. The fourth-order valence-electron chi connectivity index (χ4n) is 1.54. The van der Waals surface area contributed by atoms with Crippen LogP contribution in [0.3, 0.4) is 0 Å². The molecule has 82 valence electrons. The van der Waals surface area contributed by atoms with E-state index >= 15 is 0 Å². The lowest BCUT2D eigenvalue weighted by atomic mass is 10.1. The number of aromatic amines is 1. The number of nitrogens with two attached hydrogens (primary N) is 1. The van der Waals surface area contributed by atoms with Crippen LogP contribution in [0.25, 0.3) is 10.9 Å². The van der Waals surface area contributed by atoms with Crippen LogP contribution in [0, 0.1) is 0 Å². The summed E-state index contributed by atoms with van der Waals surface area (Å²) in [5, 5.41) is 9.48. The lowest BCUT2D eigenvalue weighted by Gasteiger charge is -1.97. The van der Waals surface area contributed by atoms with E-state index in [1.165, 1.54) is 6.07 Å². The van der Waals surface area contributed by atoms with Gasteiger partial charge in [0, 0.05) is 16.5 Å². The highest BCUT2D eigenvalue weighted by molar-refractivity contribution is 6.02. The van der Waals surface area contributed by atoms with Crippen molar-refractivity contribution in [1.29, 1.82) is 0 Å². The first kappa shape index (κ1) is 10.4. The van der Waals surface area contributed by atoms with E-state index in [1.54, 1.807) is 18.2 Å². The number of carboxylic acid groups (broad SMARTS) is 1. The summed E-state index contributed by atoms with van der Waals surface area (Å²) in [6, 6.07) is 6.42. The van der Waals surface area contributed by atoms with Gasteiger partial charge in [0.05, 0.1) is 6.54 Å². The molecule has 0 saturated carbocycles. The van der Waals surface area contributed by atoms with E-state index in [0.717, 1.165) is 0 Å². The summed E-state index contributed by atoms with van der Waals surface area (Å²) in [6.07, 6.45) is 0. The zero-order valence-corrected chi connectivity index (χ0v) is 8.36. The van der Waals surface area contributed by atoms with Crippen molar-refractivity contribution in [2.45, 2.75) is 0 Å². The number of hydrogen-bond donors (Lipinski definition) is 3. The highest BCUT2D eigenvalue weighted by Crippen LogP contribution is 2.17. The Hall–Kier alpha value is -2.14. The highest BCUT2D eigenvalue weighted by atomic mass is 16.4. The van der Waals surface area contributed by atoms with Crippen molar-refractivity contribution in [3.8, 4) is 0 Å². The highest BCUT2D eigenvalue weighted by Gasteiger charge is 2.09. The van der Waals surface area contributed by atoms with E-state index in [1.807, 2.05) is 0 Å². The Kier molecular flexibility index (Phi) is 2.46. The number of aromatic carboxylic acids is 1. The number of Topliss-reactive ketones (excluding diaryl/α,β-unsaturated/α-hetero) is 1. The fraction of sp³-hybridized carbons (Fsp3) is 0.0909. The summed E-state index contributed by atoms with van der Waals surface area (Å²) in [5.74, 6) is -1.19. The van der Waals surface area contributed by atoms with Gasteiger partial charge in [0.25, 0.3) is 0 Å². The van der Waals surface area contributed by atoms with Gasteiger partial charge in [-0.1, -0.05) is 0 Å². The van der Waals surface area contributed by atoms with Gasteiger partial charge in [-0.15, -0.1) is 0 Å². The molecule has 1 aromatic heterocycles. The number of carbonyl (C=O) groups is 2. The van der Waals surface area contributed by atoms with Crippen molar-refractivity contribution in [2.75, 3.05) is 6.54 Å².